The second kappa shape index (κ2) is 8.72. The summed E-state index contributed by atoms with van der Waals surface area (Å²) in [6, 6.07) is 26.9. The highest BCUT2D eigenvalue weighted by atomic mass is 16.5. The molecule has 26 heavy (non-hydrogen) atoms. The Kier molecular flexibility index (Phi) is 5.88. The van der Waals surface area contributed by atoms with Crippen molar-refractivity contribution in [1.82, 2.24) is 0 Å². The molecule has 0 heterocycles. The van der Waals surface area contributed by atoms with Crippen molar-refractivity contribution in [3.8, 4) is 11.5 Å². The fourth-order valence-electron chi connectivity index (χ4n) is 2.65. The lowest BCUT2D eigenvalue weighted by Crippen LogP contribution is -2.35. The molecule has 1 N–H and O–H groups in total. The van der Waals surface area contributed by atoms with E-state index in [1.165, 1.54) is 0 Å². The first-order chi connectivity index (χ1) is 12.8. The molecule has 0 aromatic heterocycles. The highest BCUT2D eigenvalue weighted by Gasteiger charge is 2.13. The summed E-state index contributed by atoms with van der Waals surface area (Å²) in [5.41, 5.74) is 1.79. The maximum atomic E-state index is 12.5. The van der Waals surface area contributed by atoms with Crippen molar-refractivity contribution in [1.29, 1.82) is 0 Å². The van der Waals surface area contributed by atoms with Crippen LogP contribution in [0.2, 0.25) is 0 Å². The zero-order chi connectivity index (χ0) is 18.2. The van der Waals surface area contributed by atoms with E-state index in [1.54, 1.807) is 4.90 Å². The summed E-state index contributed by atoms with van der Waals surface area (Å²) in [5, 5.41) is 3.17. The van der Waals surface area contributed by atoms with Gasteiger partial charge in [0.1, 0.15) is 11.5 Å². The summed E-state index contributed by atoms with van der Waals surface area (Å²) in [4.78, 5) is 14.3. The number of anilines is 2. The molecule has 4 heteroatoms. The summed E-state index contributed by atoms with van der Waals surface area (Å²) in [6.07, 6.45) is 0. The van der Waals surface area contributed by atoms with E-state index in [0.717, 1.165) is 22.9 Å². The SMILES string of the molecule is CCN(C(=O)CNc1ccc(Oc2ccccc2)cc1)c1ccccc1. The number of likely N-dealkylation sites (N-methyl/N-ethyl adjacent to an activating group) is 1. The fraction of sp³-hybridized carbons (Fsp3) is 0.136. The summed E-state index contributed by atoms with van der Waals surface area (Å²) < 4.78 is 5.77. The molecular weight excluding hydrogens is 324 g/mol. The van der Waals surface area contributed by atoms with Crippen LogP contribution in [0.25, 0.3) is 0 Å². The third-order valence-electron chi connectivity index (χ3n) is 3.96. The maximum absolute atomic E-state index is 12.5. The molecule has 132 valence electrons. The lowest BCUT2D eigenvalue weighted by atomic mass is 10.2. The molecule has 3 rings (SSSR count). The van der Waals surface area contributed by atoms with Crippen LogP contribution in [0.3, 0.4) is 0 Å². The van der Waals surface area contributed by atoms with Gasteiger partial charge < -0.3 is 15.0 Å². The van der Waals surface area contributed by atoms with Crippen molar-refractivity contribution < 1.29 is 9.53 Å². The zero-order valence-electron chi connectivity index (χ0n) is 14.8. The average Bonchev–Trinajstić information content (AvgIpc) is 2.70. The topological polar surface area (TPSA) is 41.6 Å². The first kappa shape index (κ1) is 17.5. The molecule has 0 atom stereocenters. The molecule has 0 spiro atoms. The summed E-state index contributed by atoms with van der Waals surface area (Å²) >= 11 is 0. The molecule has 1 amide bonds. The second-order valence-electron chi connectivity index (χ2n) is 5.77. The van der Waals surface area contributed by atoms with Gasteiger partial charge in [0, 0.05) is 17.9 Å². The maximum Gasteiger partial charge on any atom is 0.246 e. The van der Waals surface area contributed by atoms with Crippen molar-refractivity contribution in [3.63, 3.8) is 0 Å². The zero-order valence-corrected chi connectivity index (χ0v) is 14.8. The van der Waals surface area contributed by atoms with E-state index >= 15 is 0 Å². The Labute approximate surface area is 154 Å². The quantitative estimate of drug-likeness (QED) is 0.658. The van der Waals surface area contributed by atoms with Crippen molar-refractivity contribution in [3.05, 3.63) is 84.9 Å². The van der Waals surface area contributed by atoms with Crippen LogP contribution in [0.4, 0.5) is 11.4 Å². The van der Waals surface area contributed by atoms with Gasteiger partial charge in [0.25, 0.3) is 0 Å². The number of benzene rings is 3. The Morgan fingerprint density at radius 2 is 1.42 bits per heavy atom. The van der Waals surface area contributed by atoms with Gasteiger partial charge in [-0.15, -0.1) is 0 Å². The van der Waals surface area contributed by atoms with Crippen molar-refractivity contribution in [2.24, 2.45) is 0 Å². The van der Waals surface area contributed by atoms with E-state index in [-0.39, 0.29) is 12.5 Å². The normalized spacial score (nSPS) is 10.2. The molecule has 0 aliphatic rings. The Morgan fingerprint density at radius 3 is 2.04 bits per heavy atom. The minimum Gasteiger partial charge on any atom is -0.457 e. The van der Waals surface area contributed by atoms with E-state index in [2.05, 4.69) is 5.32 Å². The smallest absolute Gasteiger partial charge is 0.246 e. The van der Waals surface area contributed by atoms with Crippen molar-refractivity contribution >= 4 is 17.3 Å². The van der Waals surface area contributed by atoms with Crippen molar-refractivity contribution in [2.75, 3.05) is 23.3 Å². The fourth-order valence-corrected chi connectivity index (χ4v) is 2.65. The van der Waals surface area contributed by atoms with Crippen LogP contribution in [0.15, 0.2) is 84.9 Å². The Bertz CT molecular complexity index is 818. The first-order valence-corrected chi connectivity index (χ1v) is 8.68. The van der Waals surface area contributed by atoms with Gasteiger partial charge in [-0.25, -0.2) is 0 Å². The van der Waals surface area contributed by atoms with Crippen LogP contribution in [0.5, 0.6) is 11.5 Å². The monoisotopic (exact) mass is 346 g/mol. The van der Waals surface area contributed by atoms with Crippen LogP contribution in [0.1, 0.15) is 6.92 Å². The molecule has 0 unspecified atom stereocenters. The van der Waals surface area contributed by atoms with Crippen molar-refractivity contribution in [2.45, 2.75) is 6.92 Å². The highest BCUT2D eigenvalue weighted by molar-refractivity contribution is 5.96. The molecule has 4 nitrogen and oxygen atoms in total. The Hall–Kier alpha value is -3.27. The number of hydrogen-bond donors (Lipinski definition) is 1. The summed E-state index contributed by atoms with van der Waals surface area (Å²) in [5.74, 6) is 1.58. The number of nitrogens with zero attached hydrogens (tertiary/aromatic N) is 1. The average molecular weight is 346 g/mol. The van der Waals surface area contributed by atoms with E-state index in [9.17, 15) is 4.79 Å². The molecule has 0 saturated carbocycles. The number of amides is 1. The van der Waals surface area contributed by atoms with Crippen LogP contribution in [0, 0.1) is 0 Å². The van der Waals surface area contributed by atoms with E-state index in [0.29, 0.717) is 6.54 Å². The van der Waals surface area contributed by atoms with Crippen LogP contribution in [-0.2, 0) is 4.79 Å². The number of rotatable bonds is 7. The molecule has 0 aliphatic carbocycles. The van der Waals surface area contributed by atoms with Gasteiger partial charge in [0.05, 0.1) is 6.54 Å². The molecule has 0 saturated heterocycles. The predicted octanol–water partition coefficient (Wildman–Crippen LogP) is 4.94. The largest absolute Gasteiger partial charge is 0.457 e. The number of hydrogen-bond acceptors (Lipinski definition) is 3. The van der Waals surface area contributed by atoms with Gasteiger partial charge in [-0.05, 0) is 55.5 Å². The van der Waals surface area contributed by atoms with Gasteiger partial charge in [-0.2, -0.15) is 0 Å². The predicted molar refractivity (Wildman–Crippen MR) is 106 cm³/mol. The Balaban J connectivity index is 1.56. The second-order valence-corrected chi connectivity index (χ2v) is 5.77. The molecule has 0 bridgehead atoms. The van der Waals surface area contributed by atoms with Crippen LogP contribution < -0.4 is 15.0 Å². The molecule has 3 aromatic rings. The number of carbonyl (C=O) groups is 1. The highest BCUT2D eigenvalue weighted by Crippen LogP contribution is 2.22. The third kappa shape index (κ3) is 4.63. The van der Waals surface area contributed by atoms with Gasteiger partial charge in [-0.3, -0.25) is 4.79 Å². The summed E-state index contributed by atoms with van der Waals surface area (Å²) in [6.45, 7) is 2.84. The minimum atomic E-state index is 0.0308. The van der Waals surface area contributed by atoms with E-state index < -0.39 is 0 Å². The standard InChI is InChI=1S/C22H22N2O2/c1-2-24(19-9-5-3-6-10-19)22(25)17-23-18-13-15-21(16-14-18)26-20-11-7-4-8-12-20/h3-16,23H,2,17H2,1H3. The number of ether oxygens (including phenoxy) is 1. The number of para-hydroxylation sites is 2. The van der Waals surface area contributed by atoms with Crippen LogP contribution in [-0.4, -0.2) is 19.0 Å². The summed E-state index contributed by atoms with van der Waals surface area (Å²) in [7, 11) is 0. The molecular formula is C22H22N2O2. The molecule has 0 fully saturated rings. The van der Waals surface area contributed by atoms with E-state index in [4.69, 9.17) is 4.74 Å². The van der Waals surface area contributed by atoms with Gasteiger partial charge in [0.2, 0.25) is 5.91 Å². The van der Waals surface area contributed by atoms with E-state index in [1.807, 2.05) is 91.9 Å². The molecule has 0 aliphatic heterocycles. The number of carbonyl (C=O) groups excluding carboxylic acids is 1. The molecule has 3 aromatic carbocycles. The minimum absolute atomic E-state index is 0.0308. The van der Waals surface area contributed by atoms with Gasteiger partial charge >= 0.3 is 0 Å². The van der Waals surface area contributed by atoms with Gasteiger partial charge in [-0.1, -0.05) is 36.4 Å². The molecule has 0 radical (unpaired) electrons. The third-order valence-corrected chi connectivity index (χ3v) is 3.96. The van der Waals surface area contributed by atoms with Crippen LogP contribution >= 0.6 is 0 Å². The lowest BCUT2D eigenvalue weighted by molar-refractivity contribution is -0.116. The van der Waals surface area contributed by atoms with Gasteiger partial charge in [0.15, 0.2) is 0 Å². The first-order valence-electron chi connectivity index (χ1n) is 8.68. The number of nitrogens with one attached hydrogen (secondary N) is 1. The lowest BCUT2D eigenvalue weighted by Gasteiger charge is -2.21. The Morgan fingerprint density at radius 1 is 0.846 bits per heavy atom.